The Morgan fingerprint density at radius 3 is 2.96 bits per heavy atom. The first-order chi connectivity index (χ1) is 11.7. The van der Waals surface area contributed by atoms with Crippen LogP contribution in [0.2, 0.25) is 0 Å². The van der Waals surface area contributed by atoms with Gasteiger partial charge < -0.3 is 5.32 Å². The number of hydrogen-bond acceptors (Lipinski definition) is 6. The SMILES string of the molecule is Cn1cc(-c2cccc(CNc3nn4c(=O)ccnc4s3)c2)cn1. The van der Waals surface area contributed by atoms with Crippen LogP contribution in [0.3, 0.4) is 0 Å². The molecule has 0 aliphatic rings. The van der Waals surface area contributed by atoms with Crippen molar-refractivity contribution < 1.29 is 0 Å². The van der Waals surface area contributed by atoms with E-state index in [2.05, 4.69) is 32.6 Å². The van der Waals surface area contributed by atoms with E-state index in [9.17, 15) is 4.79 Å². The fourth-order valence-electron chi connectivity index (χ4n) is 2.42. The molecule has 24 heavy (non-hydrogen) atoms. The number of rotatable bonds is 4. The Morgan fingerprint density at radius 1 is 1.25 bits per heavy atom. The monoisotopic (exact) mass is 338 g/mol. The van der Waals surface area contributed by atoms with Gasteiger partial charge in [0.1, 0.15) is 0 Å². The quantitative estimate of drug-likeness (QED) is 0.617. The third kappa shape index (κ3) is 2.79. The number of benzene rings is 1. The first-order valence-corrected chi connectivity index (χ1v) is 8.17. The maximum Gasteiger partial charge on any atom is 0.275 e. The summed E-state index contributed by atoms with van der Waals surface area (Å²) in [5, 5.41) is 12.4. The van der Waals surface area contributed by atoms with Crippen molar-refractivity contribution >= 4 is 21.4 Å². The Balaban J connectivity index is 1.55. The lowest BCUT2D eigenvalue weighted by Crippen LogP contribution is -2.12. The molecule has 1 N–H and O–H groups in total. The molecule has 0 saturated carbocycles. The van der Waals surface area contributed by atoms with E-state index >= 15 is 0 Å². The third-order valence-electron chi connectivity index (χ3n) is 3.58. The van der Waals surface area contributed by atoms with Gasteiger partial charge in [0.25, 0.3) is 5.56 Å². The molecule has 4 aromatic rings. The van der Waals surface area contributed by atoms with Crippen molar-refractivity contribution in [1.29, 1.82) is 0 Å². The average molecular weight is 338 g/mol. The maximum atomic E-state index is 11.7. The van der Waals surface area contributed by atoms with E-state index in [1.165, 1.54) is 28.1 Å². The molecule has 0 unspecified atom stereocenters. The van der Waals surface area contributed by atoms with Gasteiger partial charge in [0.2, 0.25) is 10.1 Å². The summed E-state index contributed by atoms with van der Waals surface area (Å²) in [4.78, 5) is 16.4. The molecule has 0 amide bonds. The summed E-state index contributed by atoms with van der Waals surface area (Å²) in [5.41, 5.74) is 3.14. The minimum Gasteiger partial charge on any atom is -0.356 e. The highest BCUT2D eigenvalue weighted by Crippen LogP contribution is 2.21. The van der Waals surface area contributed by atoms with E-state index in [4.69, 9.17) is 0 Å². The van der Waals surface area contributed by atoms with Crippen molar-refractivity contribution in [2.24, 2.45) is 7.05 Å². The molecule has 8 heteroatoms. The maximum absolute atomic E-state index is 11.7. The predicted molar refractivity (Wildman–Crippen MR) is 93.1 cm³/mol. The number of fused-ring (bicyclic) bond motifs is 1. The number of nitrogens with zero attached hydrogens (tertiary/aromatic N) is 5. The fourth-order valence-corrected chi connectivity index (χ4v) is 3.19. The number of aromatic nitrogens is 5. The van der Waals surface area contributed by atoms with Crippen LogP contribution in [0, 0.1) is 0 Å². The molecule has 3 heterocycles. The minimum atomic E-state index is -0.178. The summed E-state index contributed by atoms with van der Waals surface area (Å²) in [6.07, 6.45) is 5.33. The Hall–Kier alpha value is -3.00. The van der Waals surface area contributed by atoms with Crippen LogP contribution >= 0.6 is 11.3 Å². The Morgan fingerprint density at radius 2 is 2.17 bits per heavy atom. The summed E-state index contributed by atoms with van der Waals surface area (Å²) in [7, 11) is 1.90. The van der Waals surface area contributed by atoms with Crippen LogP contribution in [0.4, 0.5) is 5.13 Å². The van der Waals surface area contributed by atoms with E-state index in [1.807, 2.05) is 31.6 Å². The van der Waals surface area contributed by atoms with Gasteiger partial charge in [0.05, 0.1) is 6.20 Å². The van der Waals surface area contributed by atoms with Gasteiger partial charge in [-0.2, -0.15) is 9.61 Å². The van der Waals surface area contributed by atoms with Gasteiger partial charge in [-0.25, -0.2) is 4.98 Å². The summed E-state index contributed by atoms with van der Waals surface area (Å²) < 4.78 is 3.09. The first-order valence-electron chi connectivity index (χ1n) is 7.36. The second-order valence-corrected chi connectivity index (χ2v) is 6.30. The van der Waals surface area contributed by atoms with Gasteiger partial charge >= 0.3 is 0 Å². The van der Waals surface area contributed by atoms with Crippen molar-refractivity contribution in [2.75, 3.05) is 5.32 Å². The molecular weight excluding hydrogens is 324 g/mol. The van der Waals surface area contributed by atoms with Crippen molar-refractivity contribution in [3.05, 3.63) is 64.8 Å². The van der Waals surface area contributed by atoms with E-state index in [1.54, 1.807) is 4.68 Å². The first kappa shape index (κ1) is 14.6. The highest BCUT2D eigenvalue weighted by molar-refractivity contribution is 7.20. The zero-order valence-corrected chi connectivity index (χ0v) is 13.7. The molecular formula is C16H14N6OS. The Kier molecular flexibility index (Phi) is 3.58. The van der Waals surface area contributed by atoms with Crippen LogP contribution < -0.4 is 10.9 Å². The van der Waals surface area contributed by atoms with Crippen LogP contribution in [0.5, 0.6) is 0 Å². The smallest absolute Gasteiger partial charge is 0.275 e. The molecule has 0 bridgehead atoms. The lowest BCUT2D eigenvalue weighted by molar-refractivity contribution is 0.768. The van der Waals surface area contributed by atoms with Crippen molar-refractivity contribution in [3.63, 3.8) is 0 Å². The second kappa shape index (κ2) is 5.89. The fraction of sp³-hybridized carbons (Fsp3) is 0.125. The standard InChI is InChI=1S/C16H14N6OS/c1-21-10-13(9-19-21)12-4-2-3-11(7-12)8-18-15-20-22-14(23)5-6-17-16(22)24-15/h2-7,9-10H,8H2,1H3,(H,18,20). The minimum absolute atomic E-state index is 0.178. The average Bonchev–Trinajstić information content (AvgIpc) is 3.20. The molecule has 1 aromatic carbocycles. The van der Waals surface area contributed by atoms with E-state index in [0.29, 0.717) is 16.6 Å². The van der Waals surface area contributed by atoms with Crippen LogP contribution in [-0.4, -0.2) is 24.4 Å². The number of aryl methyl sites for hydroxylation is 1. The van der Waals surface area contributed by atoms with Crippen molar-refractivity contribution in [3.8, 4) is 11.1 Å². The highest BCUT2D eigenvalue weighted by atomic mass is 32.1. The molecule has 0 aliphatic carbocycles. The Bertz CT molecular complexity index is 1060. The number of hydrogen-bond donors (Lipinski definition) is 1. The molecule has 0 saturated heterocycles. The molecule has 4 rings (SSSR count). The number of nitrogens with one attached hydrogen (secondary N) is 1. The lowest BCUT2D eigenvalue weighted by atomic mass is 10.1. The van der Waals surface area contributed by atoms with E-state index < -0.39 is 0 Å². The van der Waals surface area contributed by atoms with Gasteiger partial charge in [-0.1, -0.05) is 29.5 Å². The highest BCUT2D eigenvalue weighted by Gasteiger charge is 2.06. The molecule has 0 aliphatic heterocycles. The molecule has 7 nitrogen and oxygen atoms in total. The second-order valence-electron chi connectivity index (χ2n) is 5.34. The molecule has 0 radical (unpaired) electrons. The predicted octanol–water partition coefficient (Wildman–Crippen LogP) is 2.16. The molecule has 120 valence electrons. The van der Waals surface area contributed by atoms with Crippen molar-refractivity contribution in [1.82, 2.24) is 24.4 Å². The van der Waals surface area contributed by atoms with Crippen LogP contribution in [0.25, 0.3) is 16.1 Å². The van der Waals surface area contributed by atoms with Gasteiger partial charge in [-0.15, -0.1) is 5.10 Å². The molecule has 3 aromatic heterocycles. The van der Waals surface area contributed by atoms with E-state index in [0.717, 1.165) is 16.7 Å². The summed E-state index contributed by atoms with van der Waals surface area (Å²) in [6.45, 7) is 0.614. The third-order valence-corrected chi connectivity index (χ3v) is 4.46. The van der Waals surface area contributed by atoms with Crippen molar-refractivity contribution in [2.45, 2.75) is 6.54 Å². The normalized spacial score (nSPS) is 11.0. The number of anilines is 1. The largest absolute Gasteiger partial charge is 0.356 e. The topological polar surface area (TPSA) is 77.1 Å². The van der Waals surface area contributed by atoms with Crippen LogP contribution in [0.1, 0.15) is 5.56 Å². The zero-order chi connectivity index (χ0) is 16.5. The molecule has 0 atom stereocenters. The van der Waals surface area contributed by atoms with Gasteiger partial charge in [0.15, 0.2) is 0 Å². The Labute approximate surface area is 141 Å². The lowest BCUT2D eigenvalue weighted by Gasteiger charge is -2.04. The molecule has 0 fully saturated rings. The zero-order valence-electron chi connectivity index (χ0n) is 12.9. The summed E-state index contributed by atoms with van der Waals surface area (Å²) in [5.74, 6) is 0. The van der Waals surface area contributed by atoms with Gasteiger partial charge in [0, 0.05) is 37.6 Å². The summed E-state index contributed by atoms with van der Waals surface area (Å²) >= 11 is 1.35. The van der Waals surface area contributed by atoms with Crippen LogP contribution in [0.15, 0.2) is 53.7 Å². The molecule has 0 spiro atoms. The van der Waals surface area contributed by atoms with Gasteiger partial charge in [-0.3, -0.25) is 9.48 Å². The van der Waals surface area contributed by atoms with Gasteiger partial charge in [-0.05, 0) is 17.2 Å². The summed E-state index contributed by atoms with van der Waals surface area (Å²) in [6, 6.07) is 9.63. The van der Waals surface area contributed by atoms with E-state index in [-0.39, 0.29) is 5.56 Å². The van der Waals surface area contributed by atoms with Crippen LogP contribution in [-0.2, 0) is 13.6 Å².